The van der Waals surface area contributed by atoms with Crippen LogP contribution in [-0.4, -0.2) is 14.4 Å². The molecule has 0 bridgehead atoms. The number of para-hydroxylation sites is 1. The normalized spacial score (nSPS) is 12.3. The third-order valence-electron chi connectivity index (χ3n) is 9.77. The second-order valence-corrected chi connectivity index (χ2v) is 14.3. The molecule has 6 aromatic carbocycles. The van der Waals surface area contributed by atoms with Gasteiger partial charge in [-0.2, -0.15) is 12.1 Å². The molecule has 0 aliphatic heterocycles. The summed E-state index contributed by atoms with van der Waals surface area (Å²) < 4.78 is 2.36. The van der Waals surface area contributed by atoms with Crippen LogP contribution in [0.4, 0.5) is 0 Å². The van der Waals surface area contributed by atoms with Crippen molar-refractivity contribution >= 4 is 70.5 Å². The molecule has 10 aromatic rings. The zero-order valence-corrected chi connectivity index (χ0v) is 29.7. The first-order valence-corrected chi connectivity index (χ1v) is 16.6. The van der Waals surface area contributed by atoms with Gasteiger partial charge in [-0.3, -0.25) is 9.97 Å². The van der Waals surface area contributed by atoms with Crippen molar-refractivity contribution in [2.75, 3.05) is 0 Å². The predicted molar refractivity (Wildman–Crippen MR) is 201 cm³/mol. The molecule has 0 saturated carbocycles. The van der Waals surface area contributed by atoms with Crippen LogP contribution >= 0.6 is 0 Å². The standard InChI is InChI=1S/C45H31N3.Pt/c1-45(2,3)25-27-20-33-24-39(31-14-8-13-30(22-31)38-23-29-11-4-5-12-32(29)26-46-38)47-44-41(33)37(21-27)35-16-9-17-36-42-34-15-7-6-10-28(34)18-19-40(42)48(44)43(35)36;/h4-18,20-21,23-24,26H,25H2,1-3H3;/q-2;+2. The van der Waals surface area contributed by atoms with Crippen LogP contribution in [0.5, 0.6) is 0 Å². The summed E-state index contributed by atoms with van der Waals surface area (Å²) in [4.78, 5) is 10.3. The smallest absolute Gasteiger partial charge is 0.318 e. The molecule has 49 heavy (non-hydrogen) atoms. The van der Waals surface area contributed by atoms with Gasteiger partial charge in [-0.05, 0) is 44.3 Å². The maximum absolute atomic E-state index is 5.51. The van der Waals surface area contributed by atoms with Gasteiger partial charge >= 0.3 is 21.1 Å². The molecule has 0 spiro atoms. The Balaban J connectivity index is 0.00000325. The number of benzene rings is 6. The van der Waals surface area contributed by atoms with Gasteiger partial charge in [0.05, 0.1) is 0 Å². The molecule has 0 radical (unpaired) electrons. The summed E-state index contributed by atoms with van der Waals surface area (Å²) in [5.74, 6) is 0. The number of rotatable bonds is 3. The molecule has 0 N–H and O–H groups in total. The summed E-state index contributed by atoms with van der Waals surface area (Å²) in [6.07, 6.45) is 2.93. The Morgan fingerprint density at radius 1 is 0.633 bits per heavy atom. The number of hydrogen-bond acceptors (Lipinski definition) is 2. The number of aromatic nitrogens is 3. The molecule has 236 valence electrons. The first kappa shape index (κ1) is 30.0. The molecular formula is C45H31N3Pt. The minimum absolute atomic E-state index is 0. The van der Waals surface area contributed by atoms with Gasteiger partial charge in [-0.25, -0.2) is 0 Å². The Labute approximate surface area is 298 Å². The Hall–Kier alpha value is -5.11. The third-order valence-corrected chi connectivity index (χ3v) is 9.77. The van der Waals surface area contributed by atoms with E-state index in [1.54, 1.807) is 0 Å². The molecular weight excluding hydrogens is 778 g/mol. The van der Waals surface area contributed by atoms with Crippen molar-refractivity contribution in [1.82, 2.24) is 14.4 Å². The van der Waals surface area contributed by atoms with Gasteiger partial charge in [0, 0.05) is 33.9 Å². The molecule has 10 rings (SSSR count). The summed E-state index contributed by atoms with van der Waals surface area (Å²) in [7, 11) is 0. The zero-order valence-electron chi connectivity index (χ0n) is 27.4. The van der Waals surface area contributed by atoms with E-state index < -0.39 is 0 Å². The Kier molecular flexibility index (Phi) is 6.70. The van der Waals surface area contributed by atoms with Crippen molar-refractivity contribution in [2.24, 2.45) is 5.41 Å². The van der Waals surface area contributed by atoms with E-state index in [4.69, 9.17) is 9.97 Å². The summed E-state index contributed by atoms with van der Waals surface area (Å²) in [6, 6.07) is 48.7. The second kappa shape index (κ2) is 11.0. The van der Waals surface area contributed by atoms with Gasteiger partial charge in [0.25, 0.3) is 0 Å². The Morgan fingerprint density at radius 2 is 1.33 bits per heavy atom. The van der Waals surface area contributed by atoms with Crippen LogP contribution in [0.15, 0.2) is 121 Å². The summed E-state index contributed by atoms with van der Waals surface area (Å²) in [5, 5.41) is 12.1. The fourth-order valence-electron chi connectivity index (χ4n) is 7.84. The van der Waals surface area contributed by atoms with E-state index in [1.165, 1.54) is 59.6 Å². The molecule has 4 heterocycles. The monoisotopic (exact) mass is 808 g/mol. The number of hydrogen-bond donors (Lipinski definition) is 0. The average molecular weight is 809 g/mol. The van der Waals surface area contributed by atoms with Gasteiger partial charge in [0.2, 0.25) is 0 Å². The van der Waals surface area contributed by atoms with E-state index in [2.05, 4.69) is 146 Å². The molecule has 0 saturated heterocycles. The fourth-order valence-corrected chi connectivity index (χ4v) is 7.84. The molecule has 3 nitrogen and oxygen atoms in total. The van der Waals surface area contributed by atoms with Crippen molar-refractivity contribution in [2.45, 2.75) is 27.2 Å². The summed E-state index contributed by atoms with van der Waals surface area (Å²) in [5.41, 5.74) is 8.40. The van der Waals surface area contributed by atoms with Crippen molar-refractivity contribution in [3.05, 3.63) is 139 Å². The summed E-state index contributed by atoms with van der Waals surface area (Å²) in [6.45, 7) is 6.94. The maximum Gasteiger partial charge on any atom is 2.00 e. The topological polar surface area (TPSA) is 30.2 Å². The molecule has 4 heteroatoms. The van der Waals surface area contributed by atoms with Crippen molar-refractivity contribution in [3.8, 4) is 22.5 Å². The quantitative estimate of drug-likeness (QED) is 0.101. The van der Waals surface area contributed by atoms with E-state index in [0.29, 0.717) is 0 Å². The second-order valence-electron chi connectivity index (χ2n) is 14.3. The van der Waals surface area contributed by atoms with Gasteiger partial charge in [-0.15, -0.1) is 41.1 Å². The van der Waals surface area contributed by atoms with Crippen LogP contribution in [-0.2, 0) is 27.5 Å². The third kappa shape index (κ3) is 4.67. The molecule has 0 aliphatic rings. The first-order chi connectivity index (χ1) is 23.4. The van der Waals surface area contributed by atoms with Gasteiger partial charge < -0.3 is 4.40 Å². The SMILES string of the molecule is CC(C)(C)Cc1cc2cc(-c3[c-]c(-c4cc5ccccc5cn4)ccc3)nc3c2c(c1)c1cccc2c4c5ccccc5c[c-]c4n3c12.[Pt+2]. The van der Waals surface area contributed by atoms with Crippen LogP contribution < -0.4 is 0 Å². The van der Waals surface area contributed by atoms with Crippen LogP contribution in [0.3, 0.4) is 0 Å². The number of pyridine rings is 3. The van der Waals surface area contributed by atoms with Crippen molar-refractivity contribution in [3.63, 3.8) is 0 Å². The summed E-state index contributed by atoms with van der Waals surface area (Å²) >= 11 is 0. The molecule has 0 atom stereocenters. The largest absolute Gasteiger partial charge is 2.00 e. The Bertz CT molecular complexity index is 2910. The number of fused-ring (bicyclic) bond motifs is 8. The Morgan fingerprint density at radius 3 is 2.16 bits per heavy atom. The minimum Gasteiger partial charge on any atom is -0.318 e. The van der Waals surface area contributed by atoms with Crippen molar-refractivity contribution in [1.29, 1.82) is 0 Å². The molecule has 0 unspecified atom stereocenters. The van der Waals surface area contributed by atoms with E-state index in [1.807, 2.05) is 12.3 Å². The van der Waals surface area contributed by atoms with Gasteiger partial charge in [0.15, 0.2) is 0 Å². The predicted octanol–water partition coefficient (Wildman–Crippen LogP) is 11.6. The van der Waals surface area contributed by atoms with Crippen molar-refractivity contribution < 1.29 is 21.1 Å². The van der Waals surface area contributed by atoms with Crippen LogP contribution in [0, 0.1) is 17.5 Å². The molecule has 0 fully saturated rings. The van der Waals surface area contributed by atoms with Gasteiger partial charge in [0.1, 0.15) is 5.65 Å². The maximum atomic E-state index is 5.51. The van der Waals surface area contributed by atoms with E-state index in [9.17, 15) is 0 Å². The van der Waals surface area contributed by atoms with Crippen LogP contribution in [0.25, 0.3) is 93.1 Å². The van der Waals surface area contributed by atoms with Crippen LogP contribution in [0.2, 0.25) is 0 Å². The average Bonchev–Trinajstić information content (AvgIpc) is 3.45. The molecule has 4 aromatic heterocycles. The number of nitrogens with zero attached hydrogens (tertiary/aromatic N) is 3. The van der Waals surface area contributed by atoms with Gasteiger partial charge in [-0.1, -0.05) is 128 Å². The molecule has 0 amide bonds. The fraction of sp³-hybridized carbons (Fsp3) is 0.111. The first-order valence-electron chi connectivity index (χ1n) is 16.6. The van der Waals surface area contributed by atoms with E-state index >= 15 is 0 Å². The minimum atomic E-state index is 0. The zero-order chi connectivity index (χ0) is 32.1. The molecule has 0 aliphatic carbocycles. The van der Waals surface area contributed by atoms with E-state index in [-0.39, 0.29) is 26.5 Å². The van der Waals surface area contributed by atoms with Crippen LogP contribution in [0.1, 0.15) is 26.3 Å². The van der Waals surface area contributed by atoms with E-state index in [0.717, 1.165) is 45.5 Å².